The van der Waals surface area contributed by atoms with Crippen molar-refractivity contribution in [1.29, 1.82) is 0 Å². The van der Waals surface area contributed by atoms with Crippen LogP contribution in [-0.2, 0) is 4.79 Å². The van der Waals surface area contributed by atoms with Gasteiger partial charge in [0.05, 0.1) is 0 Å². The Kier molecular flexibility index (Phi) is 5.35. The van der Waals surface area contributed by atoms with Crippen molar-refractivity contribution in [1.82, 2.24) is 15.2 Å². The van der Waals surface area contributed by atoms with Gasteiger partial charge in [-0.05, 0) is 54.4 Å². The van der Waals surface area contributed by atoms with Crippen LogP contribution in [0.1, 0.15) is 30.5 Å². The smallest absolute Gasteiger partial charge is 0.244 e. The highest BCUT2D eigenvalue weighted by Crippen LogP contribution is 2.54. The summed E-state index contributed by atoms with van der Waals surface area (Å²) in [6.45, 7) is 5.46. The Bertz CT molecular complexity index is 778. The van der Waals surface area contributed by atoms with Crippen LogP contribution in [0.25, 0.3) is 6.08 Å². The van der Waals surface area contributed by atoms with Crippen molar-refractivity contribution in [3.8, 4) is 0 Å². The molecule has 1 aliphatic carbocycles. The largest absolute Gasteiger partial charge is 0.353 e. The summed E-state index contributed by atoms with van der Waals surface area (Å²) in [6, 6.07) is 15.1. The average Bonchev–Trinajstić information content (AvgIpc) is 3.16. The molecule has 2 fully saturated rings. The monoisotopic (exact) mass is 361 g/mol. The molecule has 4 heteroatoms. The van der Waals surface area contributed by atoms with Crippen LogP contribution in [0, 0.1) is 17.8 Å². The Morgan fingerprint density at radius 1 is 1.22 bits per heavy atom. The zero-order valence-electron chi connectivity index (χ0n) is 15.8. The average molecular weight is 361 g/mol. The number of aromatic nitrogens is 1. The molecule has 1 saturated carbocycles. The fourth-order valence-corrected chi connectivity index (χ4v) is 4.44. The van der Waals surface area contributed by atoms with E-state index < -0.39 is 0 Å². The van der Waals surface area contributed by atoms with Crippen molar-refractivity contribution in [3.05, 3.63) is 72.1 Å². The lowest BCUT2D eigenvalue weighted by Crippen LogP contribution is -2.29. The number of rotatable bonds is 7. The molecule has 0 radical (unpaired) electrons. The van der Waals surface area contributed by atoms with E-state index in [1.54, 1.807) is 24.5 Å². The Morgan fingerprint density at radius 3 is 2.70 bits per heavy atom. The van der Waals surface area contributed by atoms with Crippen LogP contribution in [0.4, 0.5) is 0 Å². The number of hydrogen-bond acceptors (Lipinski definition) is 3. The fourth-order valence-electron chi connectivity index (χ4n) is 4.44. The summed E-state index contributed by atoms with van der Waals surface area (Å²) in [5.41, 5.74) is 2.35. The van der Waals surface area contributed by atoms with Gasteiger partial charge in [-0.25, -0.2) is 0 Å². The maximum absolute atomic E-state index is 11.9. The van der Waals surface area contributed by atoms with Crippen LogP contribution >= 0.6 is 0 Å². The second-order valence-corrected chi connectivity index (χ2v) is 7.73. The van der Waals surface area contributed by atoms with Crippen LogP contribution in [0.3, 0.4) is 0 Å². The van der Waals surface area contributed by atoms with E-state index in [2.05, 4.69) is 52.5 Å². The topological polar surface area (TPSA) is 45.2 Å². The molecule has 1 amide bonds. The number of likely N-dealkylation sites (tertiary alicyclic amines) is 1. The van der Waals surface area contributed by atoms with Gasteiger partial charge in [-0.3, -0.25) is 14.7 Å². The highest BCUT2D eigenvalue weighted by molar-refractivity contribution is 5.91. The van der Waals surface area contributed by atoms with Crippen molar-refractivity contribution >= 4 is 12.0 Å². The second-order valence-electron chi connectivity index (χ2n) is 7.73. The number of fused-ring (bicyclic) bond motifs is 1. The van der Waals surface area contributed by atoms with Crippen LogP contribution in [0.5, 0.6) is 0 Å². The minimum absolute atomic E-state index is 0.0241. The lowest BCUT2D eigenvalue weighted by atomic mass is 10.1. The van der Waals surface area contributed by atoms with Gasteiger partial charge in [0.25, 0.3) is 0 Å². The molecule has 2 heterocycles. The van der Waals surface area contributed by atoms with Gasteiger partial charge in [-0.2, -0.15) is 0 Å². The molecule has 1 N–H and O–H groups in total. The zero-order valence-corrected chi connectivity index (χ0v) is 15.8. The first-order valence-electron chi connectivity index (χ1n) is 9.87. The predicted molar refractivity (Wildman–Crippen MR) is 108 cm³/mol. The minimum atomic E-state index is -0.0241. The van der Waals surface area contributed by atoms with Gasteiger partial charge in [0.15, 0.2) is 0 Å². The number of benzene rings is 1. The Balaban J connectivity index is 1.16. The minimum Gasteiger partial charge on any atom is -0.353 e. The molecule has 27 heavy (non-hydrogen) atoms. The number of amides is 1. The van der Waals surface area contributed by atoms with E-state index in [9.17, 15) is 4.79 Å². The summed E-state index contributed by atoms with van der Waals surface area (Å²) >= 11 is 0. The van der Waals surface area contributed by atoms with E-state index in [0.717, 1.165) is 36.3 Å². The summed E-state index contributed by atoms with van der Waals surface area (Å²) in [6.07, 6.45) is 7.96. The molecule has 140 valence electrons. The predicted octanol–water partition coefficient (Wildman–Crippen LogP) is 3.54. The number of carbonyl (C=O) groups excluding carboxylic acids is 1. The van der Waals surface area contributed by atoms with Crippen molar-refractivity contribution in [2.24, 2.45) is 17.8 Å². The number of pyridine rings is 1. The molecule has 4 nitrogen and oxygen atoms in total. The van der Waals surface area contributed by atoms with Gasteiger partial charge in [0, 0.05) is 44.1 Å². The Hall–Kier alpha value is -2.46. The highest BCUT2D eigenvalue weighted by Gasteiger charge is 2.55. The molecule has 1 aromatic carbocycles. The summed E-state index contributed by atoms with van der Waals surface area (Å²) < 4.78 is 0. The zero-order chi connectivity index (χ0) is 18.6. The van der Waals surface area contributed by atoms with E-state index in [4.69, 9.17) is 0 Å². The molecule has 2 aliphatic rings. The molecular formula is C23H27N3O. The molecule has 1 aromatic heterocycles. The van der Waals surface area contributed by atoms with E-state index in [1.807, 2.05) is 12.1 Å². The van der Waals surface area contributed by atoms with Crippen LogP contribution in [0.2, 0.25) is 0 Å². The molecule has 2 aromatic rings. The maximum atomic E-state index is 11.9. The molecule has 1 saturated heterocycles. The first-order chi connectivity index (χ1) is 13.2. The van der Waals surface area contributed by atoms with Crippen molar-refractivity contribution in [3.63, 3.8) is 0 Å². The van der Waals surface area contributed by atoms with Crippen molar-refractivity contribution in [2.45, 2.75) is 19.4 Å². The first-order valence-corrected chi connectivity index (χ1v) is 9.87. The van der Waals surface area contributed by atoms with E-state index in [0.29, 0.717) is 6.04 Å². The summed E-state index contributed by atoms with van der Waals surface area (Å²) in [7, 11) is 0. The van der Waals surface area contributed by atoms with Gasteiger partial charge >= 0.3 is 0 Å². The second kappa shape index (κ2) is 8.05. The standard InChI is InChI=1S/C23H27N3O/c1-17(19-7-3-2-4-8-19)26-15-21-20(22(21)16-26)11-13-25-23(27)10-9-18-6-5-12-24-14-18/h2-10,12,14,17,20-22H,11,13,15-16H2,1H3,(H,25,27)/b10-9+. The summed E-state index contributed by atoms with van der Waals surface area (Å²) in [5.74, 6) is 2.40. The van der Waals surface area contributed by atoms with E-state index in [-0.39, 0.29) is 5.91 Å². The van der Waals surface area contributed by atoms with Crippen molar-refractivity contribution in [2.75, 3.05) is 19.6 Å². The van der Waals surface area contributed by atoms with Crippen LogP contribution in [-0.4, -0.2) is 35.4 Å². The molecule has 0 bridgehead atoms. The molecule has 1 aliphatic heterocycles. The van der Waals surface area contributed by atoms with Gasteiger partial charge in [-0.15, -0.1) is 0 Å². The number of carbonyl (C=O) groups is 1. The van der Waals surface area contributed by atoms with E-state index >= 15 is 0 Å². The third kappa shape index (κ3) is 4.28. The molecule has 3 unspecified atom stereocenters. The summed E-state index contributed by atoms with van der Waals surface area (Å²) in [5, 5.41) is 3.01. The third-order valence-corrected chi connectivity index (χ3v) is 6.12. The molecule has 4 rings (SSSR count). The number of piperidine rings is 1. The first kappa shape index (κ1) is 17.9. The summed E-state index contributed by atoms with van der Waals surface area (Å²) in [4.78, 5) is 18.6. The maximum Gasteiger partial charge on any atom is 0.244 e. The lowest BCUT2D eigenvalue weighted by molar-refractivity contribution is -0.116. The number of hydrogen-bond donors (Lipinski definition) is 1. The Labute approximate surface area is 161 Å². The van der Waals surface area contributed by atoms with Gasteiger partial charge in [0.2, 0.25) is 5.91 Å². The van der Waals surface area contributed by atoms with Crippen LogP contribution < -0.4 is 5.32 Å². The van der Waals surface area contributed by atoms with E-state index in [1.165, 1.54) is 18.7 Å². The van der Waals surface area contributed by atoms with Gasteiger partial charge < -0.3 is 5.32 Å². The van der Waals surface area contributed by atoms with Crippen LogP contribution in [0.15, 0.2) is 60.9 Å². The third-order valence-electron chi connectivity index (χ3n) is 6.12. The molecule has 0 spiro atoms. The lowest BCUT2D eigenvalue weighted by Gasteiger charge is -2.27. The molecular weight excluding hydrogens is 334 g/mol. The SMILES string of the molecule is CC(c1ccccc1)N1CC2C(CCNC(=O)/C=C/c3cccnc3)C2C1. The Morgan fingerprint density at radius 2 is 2.00 bits per heavy atom. The van der Waals surface area contributed by atoms with Gasteiger partial charge in [-0.1, -0.05) is 36.4 Å². The normalized spacial score (nSPS) is 25.3. The van der Waals surface area contributed by atoms with Gasteiger partial charge in [0.1, 0.15) is 0 Å². The quantitative estimate of drug-likeness (QED) is 0.767. The number of nitrogens with zero attached hydrogens (tertiary/aromatic N) is 2. The van der Waals surface area contributed by atoms with Crippen molar-refractivity contribution < 1.29 is 4.79 Å². The molecule has 3 atom stereocenters. The highest BCUT2D eigenvalue weighted by atomic mass is 16.1. The fraction of sp³-hybridized carbons (Fsp3) is 0.391. The number of nitrogens with one attached hydrogen (secondary N) is 1.